The number of nitrogens with zero attached hydrogens (tertiary/aromatic N) is 1. The molecule has 1 amide bonds. The lowest BCUT2D eigenvalue weighted by Gasteiger charge is -2.36. The molecule has 1 fully saturated rings. The third kappa shape index (κ3) is 4.38. The van der Waals surface area contributed by atoms with Gasteiger partial charge in [0, 0.05) is 26.2 Å². The average molecular weight is 383 g/mol. The number of methoxy groups -OCH3 is 1. The molecule has 0 aromatic heterocycles. The minimum absolute atomic E-state index is 0.000483. The van der Waals surface area contributed by atoms with Crippen LogP contribution in [0, 0.1) is 5.41 Å². The van der Waals surface area contributed by atoms with Crippen LogP contribution in [0.2, 0.25) is 0 Å². The minimum Gasteiger partial charge on any atom is -0.495 e. The van der Waals surface area contributed by atoms with Gasteiger partial charge >= 0.3 is 0 Å². The van der Waals surface area contributed by atoms with Crippen LogP contribution in [0.1, 0.15) is 55.8 Å². The predicted molar refractivity (Wildman–Crippen MR) is 102 cm³/mol. The van der Waals surface area contributed by atoms with Gasteiger partial charge in [0.25, 0.3) is 5.91 Å². The monoisotopic (exact) mass is 382 g/mol. The summed E-state index contributed by atoms with van der Waals surface area (Å²) in [6.07, 6.45) is 6.98. The molecule has 0 radical (unpaired) electrons. The third-order valence-corrected chi connectivity index (χ3v) is 7.31. The first kappa shape index (κ1) is 20.7. The predicted octanol–water partition coefficient (Wildman–Crippen LogP) is 3.04. The molecule has 1 aliphatic carbocycles. The number of hydrogen-bond donors (Lipinski definition) is 1. The van der Waals surface area contributed by atoms with Gasteiger partial charge < -0.3 is 10.1 Å². The Balaban J connectivity index is 2.21. The Morgan fingerprint density at radius 1 is 1.23 bits per heavy atom. The molecular weight excluding hydrogens is 352 g/mol. The van der Waals surface area contributed by atoms with E-state index >= 15 is 0 Å². The van der Waals surface area contributed by atoms with E-state index in [1.54, 1.807) is 6.07 Å². The van der Waals surface area contributed by atoms with Gasteiger partial charge in [-0.1, -0.05) is 26.2 Å². The first-order valence-corrected chi connectivity index (χ1v) is 10.6. The fourth-order valence-corrected chi connectivity index (χ4v) is 4.62. The van der Waals surface area contributed by atoms with E-state index in [0.717, 1.165) is 23.6 Å². The zero-order valence-corrected chi connectivity index (χ0v) is 17.0. The van der Waals surface area contributed by atoms with Crippen molar-refractivity contribution in [2.45, 2.75) is 50.3 Å². The van der Waals surface area contributed by atoms with Crippen molar-refractivity contribution in [1.82, 2.24) is 9.62 Å². The summed E-state index contributed by atoms with van der Waals surface area (Å²) < 4.78 is 31.3. The molecule has 1 aromatic carbocycles. The molecule has 0 atom stereocenters. The Morgan fingerprint density at radius 2 is 1.88 bits per heavy atom. The molecule has 0 heterocycles. The van der Waals surface area contributed by atoms with E-state index in [4.69, 9.17) is 4.74 Å². The lowest BCUT2D eigenvalue weighted by Crippen LogP contribution is -2.38. The number of hydrogen-bond acceptors (Lipinski definition) is 4. The van der Waals surface area contributed by atoms with Crippen LogP contribution >= 0.6 is 0 Å². The van der Waals surface area contributed by atoms with Crippen molar-refractivity contribution in [3.63, 3.8) is 0 Å². The summed E-state index contributed by atoms with van der Waals surface area (Å²) in [5, 5.41) is 3.02. The quantitative estimate of drug-likeness (QED) is 0.786. The summed E-state index contributed by atoms with van der Waals surface area (Å²) in [5.74, 6) is -0.0196. The summed E-state index contributed by atoms with van der Waals surface area (Å²) in [5.41, 5.74) is 0.493. The van der Waals surface area contributed by atoms with Crippen LogP contribution in [-0.2, 0) is 10.0 Å². The first-order chi connectivity index (χ1) is 12.3. The molecule has 0 aliphatic heterocycles. The molecule has 1 saturated carbocycles. The normalized spacial score (nSPS) is 17.1. The lowest BCUT2D eigenvalue weighted by atomic mass is 9.72. The first-order valence-electron chi connectivity index (χ1n) is 9.14. The summed E-state index contributed by atoms with van der Waals surface area (Å²) >= 11 is 0. The molecule has 2 rings (SSSR count). The number of carbonyl (C=O) groups is 1. The smallest absolute Gasteiger partial charge is 0.251 e. The Morgan fingerprint density at radius 3 is 2.42 bits per heavy atom. The summed E-state index contributed by atoms with van der Waals surface area (Å²) in [4.78, 5) is 12.6. The van der Waals surface area contributed by atoms with Crippen molar-refractivity contribution in [2.24, 2.45) is 5.41 Å². The van der Waals surface area contributed by atoms with Gasteiger partial charge in [0.05, 0.1) is 7.11 Å². The maximum atomic E-state index is 12.6. The standard InChI is InChI=1S/C19H30N2O4S/c1-5-19(11-7-6-8-12-19)14-20-18(22)15-9-10-16(25-4)17(13-15)26(23,24)21(2)3/h9-10,13H,5-8,11-12,14H2,1-4H3,(H,20,22). The number of nitrogens with one attached hydrogen (secondary N) is 1. The highest BCUT2D eigenvalue weighted by Gasteiger charge is 2.31. The highest BCUT2D eigenvalue weighted by Crippen LogP contribution is 2.38. The summed E-state index contributed by atoms with van der Waals surface area (Å²) in [6, 6.07) is 4.52. The molecule has 1 aliphatic rings. The van der Waals surface area contributed by atoms with Crippen LogP contribution in [-0.4, -0.2) is 46.4 Å². The van der Waals surface area contributed by atoms with E-state index in [-0.39, 0.29) is 22.0 Å². The van der Waals surface area contributed by atoms with Crippen molar-refractivity contribution in [2.75, 3.05) is 27.7 Å². The van der Waals surface area contributed by atoms with Gasteiger partial charge in [-0.05, 0) is 42.9 Å². The average Bonchev–Trinajstić information content (AvgIpc) is 2.66. The number of rotatable bonds is 7. The molecule has 0 unspecified atom stereocenters. The molecule has 0 spiro atoms. The van der Waals surface area contributed by atoms with E-state index in [2.05, 4.69) is 12.2 Å². The van der Waals surface area contributed by atoms with Crippen LogP contribution in [0.3, 0.4) is 0 Å². The molecule has 26 heavy (non-hydrogen) atoms. The third-order valence-electron chi connectivity index (χ3n) is 5.47. The molecular formula is C19H30N2O4S. The topological polar surface area (TPSA) is 75.7 Å². The van der Waals surface area contributed by atoms with Crippen LogP contribution < -0.4 is 10.1 Å². The fraction of sp³-hybridized carbons (Fsp3) is 0.632. The van der Waals surface area contributed by atoms with E-state index in [0.29, 0.717) is 12.1 Å². The van der Waals surface area contributed by atoms with Crippen molar-refractivity contribution in [3.8, 4) is 5.75 Å². The zero-order chi connectivity index (χ0) is 19.4. The maximum absolute atomic E-state index is 12.6. The summed E-state index contributed by atoms with van der Waals surface area (Å²) in [7, 11) is 0.623. The largest absolute Gasteiger partial charge is 0.495 e. The van der Waals surface area contributed by atoms with Gasteiger partial charge in [-0.3, -0.25) is 4.79 Å². The zero-order valence-electron chi connectivity index (χ0n) is 16.2. The van der Waals surface area contributed by atoms with Crippen molar-refractivity contribution < 1.29 is 17.9 Å². The number of carbonyl (C=O) groups excluding carboxylic acids is 1. The molecule has 1 aromatic rings. The number of amides is 1. The van der Waals surface area contributed by atoms with Crippen molar-refractivity contribution in [3.05, 3.63) is 23.8 Å². The fourth-order valence-electron chi connectivity index (χ4n) is 3.54. The van der Waals surface area contributed by atoms with Crippen LogP contribution in [0.15, 0.2) is 23.1 Å². The lowest BCUT2D eigenvalue weighted by molar-refractivity contribution is 0.0905. The molecule has 6 nitrogen and oxygen atoms in total. The Bertz CT molecular complexity index is 738. The van der Waals surface area contributed by atoms with E-state index in [1.165, 1.54) is 52.6 Å². The second-order valence-electron chi connectivity index (χ2n) is 7.25. The van der Waals surface area contributed by atoms with E-state index in [1.807, 2.05) is 0 Å². The molecule has 0 saturated heterocycles. The highest BCUT2D eigenvalue weighted by atomic mass is 32.2. The summed E-state index contributed by atoms with van der Waals surface area (Å²) in [6.45, 7) is 2.80. The Hall–Kier alpha value is -1.60. The number of ether oxygens (including phenoxy) is 1. The van der Waals surface area contributed by atoms with E-state index in [9.17, 15) is 13.2 Å². The van der Waals surface area contributed by atoms with Gasteiger partial charge in [-0.2, -0.15) is 0 Å². The highest BCUT2D eigenvalue weighted by molar-refractivity contribution is 7.89. The van der Waals surface area contributed by atoms with Crippen molar-refractivity contribution >= 4 is 15.9 Å². The molecule has 146 valence electrons. The second kappa shape index (κ2) is 8.39. The maximum Gasteiger partial charge on any atom is 0.251 e. The van der Waals surface area contributed by atoms with Gasteiger partial charge in [0.2, 0.25) is 10.0 Å². The van der Waals surface area contributed by atoms with Crippen LogP contribution in [0.5, 0.6) is 5.75 Å². The Kier molecular flexibility index (Phi) is 6.69. The number of benzene rings is 1. The van der Waals surface area contributed by atoms with Gasteiger partial charge in [-0.25, -0.2) is 12.7 Å². The van der Waals surface area contributed by atoms with E-state index < -0.39 is 10.0 Å². The SMILES string of the molecule is CCC1(CNC(=O)c2ccc(OC)c(S(=O)(=O)N(C)C)c2)CCCCC1. The minimum atomic E-state index is -3.70. The van der Waals surface area contributed by atoms with Crippen LogP contribution in [0.4, 0.5) is 0 Å². The Labute approximate surface area is 157 Å². The second-order valence-corrected chi connectivity index (χ2v) is 9.37. The van der Waals surface area contributed by atoms with Gasteiger partial charge in [0.15, 0.2) is 0 Å². The van der Waals surface area contributed by atoms with Gasteiger partial charge in [-0.15, -0.1) is 0 Å². The van der Waals surface area contributed by atoms with Crippen molar-refractivity contribution in [1.29, 1.82) is 0 Å². The van der Waals surface area contributed by atoms with Gasteiger partial charge in [0.1, 0.15) is 10.6 Å². The van der Waals surface area contributed by atoms with Crippen LogP contribution in [0.25, 0.3) is 0 Å². The molecule has 7 heteroatoms. The number of sulfonamides is 1. The molecule has 1 N–H and O–H groups in total. The molecule has 0 bridgehead atoms.